The van der Waals surface area contributed by atoms with Gasteiger partial charge in [-0.05, 0) is 74.4 Å². The molecule has 0 spiro atoms. The van der Waals surface area contributed by atoms with Gasteiger partial charge in [-0.3, -0.25) is 13.9 Å². The molecule has 8 heteroatoms. The van der Waals surface area contributed by atoms with Crippen molar-refractivity contribution >= 4 is 27.5 Å². The average molecular weight is 530 g/mol. The molecule has 2 rings (SSSR count). The van der Waals surface area contributed by atoms with Crippen molar-refractivity contribution in [2.24, 2.45) is 0 Å². The number of hydrogen-bond acceptors (Lipinski definition) is 4. The molecule has 0 saturated heterocycles. The molecular weight excluding hydrogens is 486 g/mol. The van der Waals surface area contributed by atoms with E-state index in [4.69, 9.17) is 0 Å². The van der Waals surface area contributed by atoms with E-state index >= 15 is 0 Å². The Labute approximate surface area is 223 Å². The lowest BCUT2D eigenvalue weighted by molar-refractivity contribution is -0.141. The van der Waals surface area contributed by atoms with Crippen molar-refractivity contribution in [2.75, 3.05) is 23.7 Å². The van der Waals surface area contributed by atoms with Crippen molar-refractivity contribution in [3.63, 3.8) is 0 Å². The zero-order chi connectivity index (χ0) is 27.6. The summed E-state index contributed by atoms with van der Waals surface area (Å²) in [5.41, 5.74) is 4.73. The number of aryl methyl sites for hydroxylation is 3. The van der Waals surface area contributed by atoms with Crippen LogP contribution in [0.5, 0.6) is 0 Å². The zero-order valence-electron chi connectivity index (χ0n) is 23.2. The maximum atomic E-state index is 13.5. The van der Waals surface area contributed by atoms with E-state index in [2.05, 4.69) is 12.2 Å². The van der Waals surface area contributed by atoms with Gasteiger partial charge in [-0.15, -0.1) is 0 Å². The Hall–Kier alpha value is -2.87. The fourth-order valence-electron chi connectivity index (χ4n) is 4.28. The number of amides is 2. The Morgan fingerprint density at radius 2 is 1.65 bits per heavy atom. The van der Waals surface area contributed by atoms with Gasteiger partial charge in [0.2, 0.25) is 21.8 Å². The predicted molar refractivity (Wildman–Crippen MR) is 151 cm³/mol. The number of nitrogens with zero attached hydrogens (tertiary/aromatic N) is 2. The first-order chi connectivity index (χ1) is 17.5. The number of nitrogens with one attached hydrogen (secondary N) is 1. The third-order valence-corrected chi connectivity index (χ3v) is 7.94. The molecular formula is C29H43N3O4S. The van der Waals surface area contributed by atoms with E-state index in [1.165, 1.54) is 10.6 Å². The molecule has 0 unspecified atom stereocenters. The highest BCUT2D eigenvalue weighted by molar-refractivity contribution is 7.92. The standard InChI is InChI=1S/C29H43N3O4S/c1-7-9-18-30-29(34)27(8-2)31(21-25-14-11-10-13-23(25)4)28(33)15-12-19-32(37(6,35)36)26-17-16-22(3)24(5)20-26/h10-11,13-14,16-17,20,27H,7-9,12,15,18-19,21H2,1-6H3,(H,30,34)/t27-/m0/s1. The van der Waals surface area contributed by atoms with Crippen LogP contribution in [-0.4, -0.2) is 50.5 Å². The van der Waals surface area contributed by atoms with Gasteiger partial charge in [-0.1, -0.05) is 50.6 Å². The van der Waals surface area contributed by atoms with Crippen molar-refractivity contribution in [1.29, 1.82) is 0 Å². The molecule has 0 fully saturated rings. The molecule has 0 aliphatic heterocycles. The zero-order valence-corrected chi connectivity index (χ0v) is 24.0. The maximum absolute atomic E-state index is 13.5. The van der Waals surface area contributed by atoms with Crippen LogP contribution in [0.4, 0.5) is 5.69 Å². The lowest BCUT2D eigenvalue weighted by atomic mass is 10.0. The molecule has 1 N–H and O–H groups in total. The number of unbranched alkanes of at least 4 members (excludes halogenated alkanes) is 1. The van der Waals surface area contributed by atoms with Crippen molar-refractivity contribution in [1.82, 2.24) is 10.2 Å². The second-order valence-electron chi connectivity index (χ2n) is 9.72. The van der Waals surface area contributed by atoms with Gasteiger partial charge >= 0.3 is 0 Å². The highest BCUT2D eigenvalue weighted by Gasteiger charge is 2.29. The van der Waals surface area contributed by atoms with Gasteiger partial charge in [0.25, 0.3) is 0 Å². The number of carbonyl (C=O) groups is 2. The van der Waals surface area contributed by atoms with Gasteiger partial charge in [-0.2, -0.15) is 0 Å². The van der Waals surface area contributed by atoms with Crippen LogP contribution in [0, 0.1) is 20.8 Å². The van der Waals surface area contributed by atoms with E-state index in [9.17, 15) is 18.0 Å². The summed E-state index contributed by atoms with van der Waals surface area (Å²) < 4.78 is 26.5. The largest absolute Gasteiger partial charge is 0.354 e. The third-order valence-electron chi connectivity index (χ3n) is 6.75. The molecule has 0 radical (unpaired) electrons. The Morgan fingerprint density at radius 1 is 0.946 bits per heavy atom. The molecule has 7 nitrogen and oxygen atoms in total. The van der Waals surface area contributed by atoms with Gasteiger partial charge in [-0.25, -0.2) is 8.42 Å². The van der Waals surface area contributed by atoms with Crippen LogP contribution in [0.3, 0.4) is 0 Å². The minimum absolute atomic E-state index is 0.140. The van der Waals surface area contributed by atoms with Gasteiger partial charge in [0.1, 0.15) is 6.04 Å². The van der Waals surface area contributed by atoms with Crippen LogP contribution in [0.15, 0.2) is 42.5 Å². The van der Waals surface area contributed by atoms with Crippen molar-refractivity contribution in [3.8, 4) is 0 Å². The fourth-order valence-corrected chi connectivity index (χ4v) is 5.24. The van der Waals surface area contributed by atoms with Crippen LogP contribution in [0.2, 0.25) is 0 Å². The molecule has 2 aromatic rings. The molecule has 1 atom stereocenters. The summed E-state index contributed by atoms with van der Waals surface area (Å²) in [5, 5.41) is 2.98. The lowest BCUT2D eigenvalue weighted by Crippen LogP contribution is -2.49. The summed E-state index contributed by atoms with van der Waals surface area (Å²) in [6, 6.07) is 12.8. The lowest BCUT2D eigenvalue weighted by Gasteiger charge is -2.31. The van der Waals surface area contributed by atoms with E-state index in [-0.39, 0.29) is 24.8 Å². The summed E-state index contributed by atoms with van der Waals surface area (Å²) in [6.45, 7) is 11.0. The molecule has 37 heavy (non-hydrogen) atoms. The number of sulfonamides is 1. The van der Waals surface area contributed by atoms with Crippen molar-refractivity contribution < 1.29 is 18.0 Å². The molecule has 0 saturated carbocycles. The number of carbonyl (C=O) groups excluding carboxylic acids is 2. The molecule has 0 aliphatic rings. The number of anilines is 1. The number of benzene rings is 2. The first-order valence-electron chi connectivity index (χ1n) is 13.2. The molecule has 2 aromatic carbocycles. The van der Waals surface area contributed by atoms with Crippen LogP contribution >= 0.6 is 0 Å². The molecule has 0 bridgehead atoms. The number of hydrogen-bond donors (Lipinski definition) is 1. The molecule has 0 aliphatic carbocycles. The van der Waals surface area contributed by atoms with Crippen LogP contribution in [0.25, 0.3) is 0 Å². The Morgan fingerprint density at radius 3 is 2.24 bits per heavy atom. The van der Waals surface area contributed by atoms with Crippen molar-refractivity contribution in [2.45, 2.75) is 79.3 Å². The monoisotopic (exact) mass is 529 g/mol. The van der Waals surface area contributed by atoms with Crippen LogP contribution < -0.4 is 9.62 Å². The number of rotatable bonds is 14. The summed E-state index contributed by atoms with van der Waals surface area (Å²) >= 11 is 0. The first kappa shape index (κ1) is 30.4. The Kier molecular flexibility index (Phi) is 11.6. The quantitative estimate of drug-likeness (QED) is 0.353. The third kappa shape index (κ3) is 8.88. The second-order valence-corrected chi connectivity index (χ2v) is 11.6. The molecule has 0 heterocycles. The molecule has 204 valence electrons. The van der Waals surface area contributed by atoms with Gasteiger partial charge in [0, 0.05) is 26.1 Å². The highest BCUT2D eigenvalue weighted by atomic mass is 32.2. The van der Waals surface area contributed by atoms with E-state index < -0.39 is 16.1 Å². The SMILES string of the molecule is CCCCNC(=O)[C@H](CC)N(Cc1ccccc1C)C(=O)CCCN(c1ccc(C)c(C)c1)S(C)(=O)=O. The molecule has 0 aromatic heterocycles. The summed E-state index contributed by atoms with van der Waals surface area (Å²) in [4.78, 5) is 28.2. The van der Waals surface area contributed by atoms with E-state index in [1.54, 1.807) is 11.0 Å². The highest BCUT2D eigenvalue weighted by Crippen LogP contribution is 2.23. The van der Waals surface area contributed by atoms with Crippen LogP contribution in [-0.2, 0) is 26.2 Å². The minimum atomic E-state index is -3.52. The van der Waals surface area contributed by atoms with Gasteiger partial charge in [0.05, 0.1) is 11.9 Å². The summed E-state index contributed by atoms with van der Waals surface area (Å²) in [6.07, 6.45) is 4.02. The van der Waals surface area contributed by atoms with Gasteiger partial charge < -0.3 is 10.2 Å². The minimum Gasteiger partial charge on any atom is -0.354 e. The Balaban J connectivity index is 2.22. The normalized spacial score (nSPS) is 12.2. The first-order valence-corrected chi connectivity index (χ1v) is 15.0. The second kappa shape index (κ2) is 14.2. The topological polar surface area (TPSA) is 86.8 Å². The fraction of sp³-hybridized carbons (Fsp3) is 0.517. The predicted octanol–water partition coefficient (Wildman–Crippen LogP) is 4.88. The van der Waals surface area contributed by atoms with E-state index in [0.717, 1.165) is 35.1 Å². The maximum Gasteiger partial charge on any atom is 0.242 e. The summed E-state index contributed by atoms with van der Waals surface area (Å²) in [5.74, 6) is -0.306. The summed E-state index contributed by atoms with van der Waals surface area (Å²) in [7, 11) is -3.52. The Bertz CT molecular complexity index is 1160. The van der Waals surface area contributed by atoms with E-state index in [0.29, 0.717) is 31.6 Å². The van der Waals surface area contributed by atoms with E-state index in [1.807, 2.05) is 64.1 Å². The van der Waals surface area contributed by atoms with Crippen molar-refractivity contribution in [3.05, 3.63) is 64.7 Å². The smallest absolute Gasteiger partial charge is 0.242 e. The molecule has 2 amide bonds. The van der Waals surface area contributed by atoms with Gasteiger partial charge in [0.15, 0.2) is 0 Å². The van der Waals surface area contributed by atoms with Crippen LogP contribution in [0.1, 0.15) is 68.2 Å². The average Bonchev–Trinajstić information content (AvgIpc) is 2.84.